The molecule has 0 fully saturated rings. The molecule has 0 unspecified atom stereocenters. The van der Waals surface area contributed by atoms with Gasteiger partial charge in [0, 0.05) is 32.0 Å². The monoisotopic (exact) mass is 396 g/mol. The highest BCUT2D eigenvalue weighted by Crippen LogP contribution is 2.20. The van der Waals surface area contributed by atoms with Gasteiger partial charge in [0.15, 0.2) is 0 Å². The number of aromatic nitrogens is 2. The lowest BCUT2D eigenvalue weighted by atomic mass is 9.93. The van der Waals surface area contributed by atoms with E-state index in [1.54, 1.807) is 11.9 Å². The predicted molar refractivity (Wildman–Crippen MR) is 107 cm³/mol. The third kappa shape index (κ3) is 6.84. The number of rotatable bonds is 9. The minimum Gasteiger partial charge on any atom is -0.494 e. The van der Waals surface area contributed by atoms with Crippen molar-refractivity contribution in [3.05, 3.63) is 30.2 Å². The van der Waals surface area contributed by atoms with Crippen molar-refractivity contribution in [1.82, 2.24) is 15.0 Å². The van der Waals surface area contributed by atoms with Crippen molar-refractivity contribution in [3.8, 4) is 17.1 Å². The van der Waals surface area contributed by atoms with Gasteiger partial charge in [-0.05, 0) is 43.1 Å². The number of aryl methyl sites for hydroxylation is 1. The Labute approximate surface area is 166 Å². The van der Waals surface area contributed by atoms with Crippen molar-refractivity contribution in [3.63, 3.8) is 0 Å². The molecule has 0 aliphatic rings. The summed E-state index contributed by atoms with van der Waals surface area (Å²) in [4.78, 5) is 18.3. The number of hydrogen-bond acceptors (Lipinski definition) is 6. The van der Waals surface area contributed by atoms with Crippen LogP contribution in [0.25, 0.3) is 11.4 Å². The molecule has 0 radical (unpaired) electrons. The maximum atomic E-state index is 12.3. The van der Waals surface area contributed by atoms with Crippen molar-refractivity contribution in [1.29, 1.82) is 0 Å². The van der Waals surface area contributed by atoms with Crippen LogP contribution >= 0.6 is 12.4 Å². The molecular weight excluding hydrogens is 368 g/mol. The van der Waals surface area contributed by atoms with E-state index >= 15 is 0 Å². The summed E-state index contributed by atoms with van der Waals surface area (Å²) in [6, 6.07) is 7.50. The summed E-state index contributed by atoms with van der Waals surface area (Å²) in [5.41, 5.74) is 6.47. The number of nitrogens with two attached hydrogens (primary N) is 1. The van der Waals surface area contributed by atoms with Crippen LogP contribution in [0.5, 0.6) is 5.75 Å². The molecule has 1 heterocycles. The van der Waals surface area contributed by atoms with E-state index in [1.807, 2.05) is 45.0 Å². The Kier molecular flexibility index (Phi) is 8.72. The van der Waals surface area contributed by atoms with Crippen molar-refractivity contribution in [2.75, 3.05) is 26.7 Å². The highest BCUT2D eigenvalue weighted by atomic mass is 35.5. The molecule has 0 spiro atoms. The first kappa shape index (κ1) is 22.9. The largest absolute Gasteiger partial charge is 0.494 e. The van der Waals surface area contributed by atoms with Crippen molar-refractivity contribution in [2.24, 2.45) is 11.1 Å². The zero-order valence-corrected chi connectivity index (χ0v) is 17.2. The summed E-state index contributed by atoms with van der Waals surface area (Å²) in [5, 5.41) is 3.99. The van der Waals surface area contributed by atoms with Crippen LogP contribution in [-0.2, 0) is 11.2 Å². The molecule has 150 valence electrons. The molecule has 2 rings (SSSR count). The molecule has 0 saturated carbocycles. The molecular formula is C19H29ClN4O3. The van der Waals surface area contributed by atoms with Crippen molar-refractivity contribution >= 4 is 18.3 Å². The smallest absolute Gasteiger partial charge is 0.227 e. The van der Waals surface area contributed by atoms with E-state index < -0.39 is 0 Å². The normalized spacial score (nSPS) is 11.0. The molecule has 2 aromatic rings. The van der Waals surface area contributed by atoms with E-state index in [1.165, 1.54) is 0 Å². The molecule has 0 aliphatic carbocycles. The van der Waals surface area contributed by atoms with E-state index in [0.717, 1.165) is 11.3 Å². The summed E-state index contributed by atoms with van der Waals surface area (Å²) in [6.07, 6.45) is 0.734. The topological polar surface area (TPSA) is 94.5 Å². The number of carbonyl (C=O) groups is 1. The Hall–Kier alpha value is -2.12. The lowest BCUT2D eigenvalue weighted by molar-refractivity contribution is -0.131. The first-order valence-electron chi connectivity index (χ1n) is 8.84. The Morgan fingerprint density at radius 3 is 2.56 bits per heavy atom. The predicted octanol–water partition coefficient (Wildman–Crippen LogP) is 2.93. The van der Waals surface area contributed by atoms with Gasteiger partial charge >= 0.3 is 0 Å². The molecule has 0 saturated heterocycles. The Morgan fingerprint density at radius 1 is 1.30 bits per heavy atom. The van der Waals surface area contributed by atoms with E-state index in [4.69, 9.17) is 15.0 Å². The van der Waals surface area contributed by atoms with Gasteiger partial charge in [0.05, 0.1) is 6.61 Å². The van der Waals surface area contributed by atoms with E-state index in [9.17, 15) is 4.79 Å². The van der Waals surface area contributed by atoms with Gasteiger partial charge < -0.3 is 19.9 Å². The van der Waals surface area contributed by atoms with Gasteiger partial charge in [-0.2, -0.15) is 4.98 Å². The van der Waals surface area contributed by atoms with Crippen LogP contribution in [0.15, 0.2) is 28.8 Å². The molecule has 1 aromatic carbocycles. The summed E-state index contributed by atoms with van der Waals surface area (Å²) in [6.45, 7) is 7.78. The molecule has 7 nitrogen and oxygen atoms in total. The Bertz CT molecular complexity index is 716. The fourth-order valence-electron chi connectivity index (χ4n) is 2.54. The molecule has 27 heavy (non-hydrogen) atoms. The summed E-state index contributed by atoms with van der Waals surface area (Å²) >= 11 is 0. The quantitative estimate of drug-likeness (QED) is 0.700. The van der Waals surface area contributed by atoms with Gasteiger partial charge in [0.25, 0.3) is 0 Å². The zero-order chi connectivity index (χ0) is 19.2. The summed E-state index contributed by atoms with van der Waals surface area (Å²) in [5.74, 6) is 1.79. The lowest BCUT2D eigenvalue weighted by Gasteiger charge is -2.29. The average molecular weight is 397 g/mol. The van der Waals surface area contributed by atoms with Gasteiger partial charge in [-0.15, -0.1) is 12.4 Å². The molecule has 1 aromatic heterocycles. The lowest BCUT2D eigenvalue weighted by Crippen LogP contribution is -2.39. The summed E-state index contributed by atoms with van der Waals surface area (Å²) < 4.78 is 10.7. The second kappa shape index (κ2) is 10.3. The number of carbonyl (C=O) groups excluding carboxylic acids is 1. The highest BCUT2D eigenvalue weighted by Gasteiger charge is 2.21. The second-order valence-corrected chi connectivity index (χ2v) is 7.09. The minimum absolute atomic E-state index is 0. The number of amides is 1. The fraction of sp³-hybridized carbons (Fsp3) is 0.526. The first-order chi connectivity index (χ1) is 12.3. The molecule has 2 N–H and O–H groups in total. The van der Waals surface area contributed by atoms with Crippen molar-refractivity contribution < 1.29 is 14.1 Å². The Balaban J connectivity index is 0.00000364. The van der Waals surface area contributed by atoms with Crippen LogP contribution in [0, 0.1) is 5.41 Å². The number of benzene rings is 1. The van der Waals surface area contributed by atoms with E-state index in [0.29, 0.717) is 44.3 Å². The average Bonchev–Trinajstić information content (AvgIpc) is 3.09. The van der Waals surface area contributed by atoms with Crippen LogP contribution in [0.1, 0.15) is 33.1 Å². The zero-order valence-electron chi connectivity index (χ0n) is 16.4. The molecule has 1 amide bonds. The standard InChI is InChI=1S/C19H28N4O3.ClH/c1-5-25-15-8-6-14(7-9-15)18-21-16(26-22-18)10-11-17(24)23(4)13-19(2,3)12-20;/h6-9H,5,10-13,20H2,1-4H3;1H. The van der Waals surface area contributed by atoms with Crippen LogP contribution in [0.3, 0.4) is 0 Å². The first-order valence-corrected chi connectivity index (χ1v) is 8.84. The van der Waals surface area contributed by atoms with Crippen molar-refractivity contribution in [2.45, 2.75) is 33.6 Å². The molecule has 8 heteroatoms. The van der Waals surface area contributed by atoms with Crippen LogP contribution in [0.4, 0.5) is 0 Å². The number of hydrogen-bond donors (Lipinski definition) is 1. The van der Waals surface area contributed by atoms with Gasteiger partial charge in [-0.25, -0.2) is 0 Å². The fourth-order valence-corrected chi connectivity index (χ4v) is 2.54. The molecule has 0 atom stereocenters. The van der Waals surface area contributed by atoms with E-state index in [2.05, 4.69) is 10.1 Å². The third-order valence-corrected chi connectivity index (χ3v) is 4.09. The van der Waals surface area contributed by atoms with Crippen LogP contribution in [0.2, 0.25) is 0 Å². The number of halogens is 1. The van der Waals surface area contributed by atoms with Crippen LogP contribution < -0.4 is 10.5 Å². The minimum atomic E-state index is -0.101. The number of ether oxygens (including phenoxy) is 1. The van der Waals surface area contributed by atoms with Crippen LogP contribution in [-0.4, -0.2) is 47.7 Å². The maximum Gasteiger partial charge on any atom is 0.227 e. The van der Waals surface area contributed by atoms with Gasteiger partial charge in [0.2, 0.25) is 17.6 Å². The van der Waals surface area contributed by atoms with Gasteiger partial charge in [-0.3, -0.25) is 4.79 Å². The molecule has 0 bridgehead atoms. The second-order valence-electron chi connectivity index (χ2n) is 7.09. The van der Waals surface area contributed by atoms with Gasteiger partial charge in [-0.1, -0.05) is 19.0 Å². The SMILES string of the molecule is CCOc1ccc(-c2noc(CCC(=O)N(C)CC(C)(C)CN)n2)cc1.Cl. The van der Waals surface area contributed by atoms with Gasteiger partial charge in [0.1, 0.15) is 5.75 Å². The number of nitrogens with zero attached hydrogens (tertiary/aromatic N) is 3. The van der Waals surface area contributed by atoms with E-state index in [-0.39, 0.29) is 23.7 Å². The Morgan fingerprint density at radius 2 is 1.96 bits per heavy atom. The maximum absolute atomic E-state index is 12.3. The third-order valence-electron chi connectivity index (χ3n) is 4.09. The summed E-state index contributed by atoms with van der Waals surface area (Å²) in [7, 11) is 1.79. The highest BCUT2D eigenvalue weighted by molar-refractivity contribution is 5.85. The molecule has 0 aliphatic heterocycles.